The molecule has 0 aliphatic carbocycles. The molecule has 0 saturated heterocycles. The third-order valence-corrected chi connectivity index (χ3v) is 2.29. The van der Waals surface area contributed by atoms with E-state index in [9.17, 15) is 9.59 Å². The fourth-order valence-electron chi connectivity index (χ4n) is 1.33. The van der Waals surface area contributed by atoms with E-state index in [0.717, 1.165) is 5.56 Å². The maximum Gasteiger partial charge on any atom is 0.291 e. The minimum atomic E-state index is -0.647. The van der Waals surface area contributed by atoms with Gasteiger partial charge in [0.25, 0.3) is 5.91 Å². The molecule has 0 atom stereocenters. The third kappa shape index (κ3) is 3.35. The molecule has 18 heavy (non-hydrogen) atoms. The van der Waals surface area contributed by atoms with Crippen LogP contribution in [0.5, 0.6) is 11.5 Å². The van der Waals surface area contributed by atoms with E-state index in [2.05, 4.69) is 5.32 Å². The van der Waals surface area contributed by atoms with Crippen LogP contribution in [-0.2, 0) is 9.59 Å². The number of ketones is 1. The van der Waals surface area contributed by atoms with Crippen molar-refractivity contribution >= 4 is 17.8 Å². The van der Waals surface area contributed by atoms with Crippen molar-refractivity contribution in [2.75, 3.05) is 21.3 Å². The number of rotatable bonds is 5. The van der Waals surface area contributed by atoms with Gasteiger partial charge in [-0.05, 0) is 23.8 Å². The number of benzene rings is 1. The molecule has 0 saturated carbocycles. The van der Waals surface area contributed by atoms with Gasteiger partial charge in [0.15, 0.2) is 11.5 Å². The van der Waals surface area contributed by atoms with Crippen LogP contribution in [0.25, 0.3) is 6.08 Å². The molecule has 0 unspecified atom stereocenters. The second-order valence-electron chi connectivity index (χ2n) is 3.39. The van der Waals surface area contributed by atoms with Gasteiger partial charge >= 0.3 is 0 Å². The predicted octanol–water partition coefficient (Wildman–Crippen LogP) is 1.03. The van der Waals surface area contributed by atoms with Gasteiger partial charge in [-0.15, -0.1) is 0 Å². The van der Waals surface area contributed by atoms with E-state index in [1.165, 1.54) is 20.2 Å². The van der Waals surface area contributed by atoms with Crippen LogP contribution in [0.2, 0.25) is 0 Å². The summed E-state index contributed by atoms with van der Waals surface area (Å²) in [5.41, 5.74) is 0.741. The Hall–Kier alpha value is -2.30. The predicted molar refractivity (Wildman–Crippen MR) is 67.7 cm³/mol. The molecular weight excluding hydrogens is 234 g/mol. The van der Waals surface area contributed by atoms with Crippen molar-refractivity contribution in [3.05, 3.63) is 29.8 Å². The first-order valence-corrected chi connectivity index (χ1v) is 5.28. The molecule has 0 heterocycles. The number of carbonyl (C=O) groups excluding carboxylic acids is 2. The largest absolute Gasteiger partial charge is 0.493 e. The van der Waals surface area contributed by atoms with Crippen molar-refractivity contribution < 1.29 is 19.1 Å². The summed E-state index contributed by atoms with van der Waals surface area (Å²) in [5.74, 6) is -0.0849. The first kappa shape index (κ1) is 13.8. The second kappa shape index (κ2) is 6.44. The summed E-state index contributed by atoms with van der Waals surface area (Å²) < 4.78 is 10.2. The number of carbonyl (C=O) groups is 2. The summed E-state index contributed by atoms with van der Waals surface area (Å²) >= 11 is 0. The van der Waals surface area contributed by atoms with Crippen LogP contribution < -0.4 is 14.8 Å². The molecule has 96 valence electrons. The summed E-state index contributed by atoms with van der Waals surface area (Å²) in [5, 5.41) is 2.26. The summed E-state index contributed by atoms with van der Waals surface area (Å²) in [7, 11) is 4.48. The molecular formula is C13H15NO4. The summed E-state index contributed by atoms with van der Waals surface area (Å²) in [6, 6.07) is 5.20. The van der Waals surface area contributed by atoms with Crippen molar-refractivity contribution in [3.8, 4) is 11.5 Å². The van der Waals surface area contributed by atoms with Gasteiger partial charge in [0, 0.05) is 7.05 Å². The number of amides is 1. The molecule has 5 nitrogen and oxygen atoms in total. The Balaban J connectivity index is 2.89. The highest BCUT2D eigenvalue weighted by Crippen LogP contribution is 2.27. The van der Waals surface area contributed by atoms with Crippen molar-refractivity contribution in [2.24, 2.45) is 0 Å². The highest BCUT2D eigenvalue weighted by atomic mass is 16.5. The van der Waals surface area contributed by atoms with Gasteiger partial charge in [0.05, 0.1) is 14.2 Å². The zero-order chi connectivity index (χ0) is 13.5. The lowest BCUT2D eigenvalue weighted by atomic mass is 10.1. The van der Waals surface area contributed by atoms with E-state index in [-0.39, 0.29) is 0 Å². The monoisotopic (exact) mass is 249 g/mol. The number of ether oxygens (including phenoxy) is 2. The molecule has 1 N–H and O–H groups in total. The Morgan fingerprint density at radius 1 is 1.17 bits per heavy atom. The number of hydrogen-bond donors (Lipinski definition) is 1. The van der Waals surface area contributed by atoms with Gasteiger partial charge in [-0.25, -0.2) is 0 Å². The van der Waals surface area contributed by atoms with Crippen LogP contribution in [0.1, 0.15) is 5.56 Å². The van der Waals surface area contributed by atoms with Crippen molar-refractivity contribution in [2.45, 2.75) is 0 Å². The minimum absolute atomic E-state index is 0.562. The summed E-state index contributed by atoms with van der Waals surface area (Å²) in [6.07, 6.45) is 2.75. The van der Waals surface area contributed by atoms with Crippen LogP contribution in [0.4, 0.5) is 0 Å². The summed E-state index contributed by atoms with van der Waals surface area (Å²) in [4.78, 5) is 22.3. The van der Waals surface area contributed by atoms with Crippen LogP contribution >= 0.6 is 0 Å². The Kier molecular flexibility index (Phi) is 4.92. The Morgan fingerprint density at radius 3 is 2.39 bits per heavy atom. The van der Waals surface area contributed by atoms with Gasteiger partial charge in [0.1, 0.15) is 0 Å². The van der Waals surface area contributed by atoms with Gasteiger partial charge in [0.2, 0.25) is 5.78 Å². The fourth-order valence-corrected chi connectivity index (χ4v) is 1.33. The van der Waals surface area contributed by atoms with E-state index in [4.69, 9.17) is 9.47 Å². The first-order valence-electron chi connectivity index (χ1n) is 5.28. The second-order valence-corrected chi connectivity index (χ2v) is 3.39. The van der Waals surface area contributed by atoms with Gasteiger partial charge in [-0.1, -0.05) is 12.1 Å². The molecule has 0 aliphatic rings. The number of likely N-dealkylation sites (N-methyl/N-ethyl adjacent to an activating group) is 1. The molecule has 1 amide bonds. The average molecular weight is 249 g/mol. The molecule has 0 aromatic heterocycles. The van der Waals surface area contributed by atoms with Crippen LogP contribution in [0.15, 0.2) is 24.3 Å². The highest BCUT2D eigenvalue weighted by Gasteiger charge is 2.07. The van der Waals surface area contributed by atoms with Crippen LogP contribution in [0, 0.1) is 0 Å². The third-order valence-electron chi connectivity index (χ3n) is 2.29. The minimum Gasteiger partial charge on any atom is -0.493 e. The lowest BCUT2D eigenvalue weighted by Gasteiger charge is -2.07. The topological polar surface area (TPSA) is 64.6 Å². The smallest absolute Gasteiger partial charge is 0.291 e. The summed E-state index contributed by atoms with van der Waals surface area (Å²) in [6.45, 7) is 0. The normalized spacial score (nSPS) is 10.2. The van der Waals surface area contributed by atoms with E-state index in [1.807, 2.05) is 0 Å². The van der Waals surface area contributed by atoms with E-state index in [0.29, 0.717) is 11.5 Å². The number of nitrogens with one attached hydrogen (secondary N) is 1. The number of methoxy groups -OCH3 is 2. The Morgan fingerprint density at radius 2 is 1.83 bits per heavy atom. The van der Waals surface area contributed by atoms with E-state index >= 15 is 0 Å². The molecule has 5 heteroatoms. The Labute approximate surface area is 105 Å². The quantitative estimate of drug-likeness (QED) is 0.625. The lowest BCUT2D eigenvalue weighted by Crippen LogP contribution is -2.25. The molecule has 0 spiro atoms. The van der Waals surface area contributed by atoms with Gasteiger partial charge in [-0.3, -0.25) is 9.59 Å². The van der Waals surface area contributed by atoms with Crippen molar-refractivity contribution in [3.63, 3.8) is 0 Å². The van der Waals surface area contributed by atoms with E-state index in [1.54, 1.807) is 31.4 Å². The first-order chi connectivity index (χ1) is 8.62. The lowest BCUT2D eigenvalue weighted by molar-refractivity contribution is -0.134. The Bertz CT molecular complexity index is 480. The maximum atomic E-state index is 11.3. The SMILES string of the molecule is CNC(=O)C(=O)/C=C/c1ccc(OC)c(OC)c1. The van der Waals surface area contributed by atoms with E-state index < -0.39 is 11.7 Å². The molecule has 0 fully saturated rings. The molecule has 0 radical (unpaired) electrons. The van der Waals surface area contributed by atoms with Crippen LogP contribution in [0.3, 0.4) is 0 Å². The fraction of sp³-hybridized carbons (Fsp3) is 0.231. The number of hydrogen-bond acceptors (Lipinski definition) is 4. The zero-order valence-electron chi connectivity index (χ0n) is 10.5. The molecule has 1 aromatic rings. The molecule has 0 aliphatic heterocycles. The molecule has 1 aromatic carbocycles. The zero-order valence-corrected chi connectivity index (χ0v) is 10.5. The van der Waals surface area contributed by atoms with Crippen molar-refractivity contribution in [1.82, 2.24) is 5.32 Å². The van der Waals surface area contributed by atoms with Crippen molar-refractivity contribution in [1.29, 1.82) is 0 Å². The molecule has 0 bridgehead atoms. The standard InChI is InChI=1S/C13H15NO4/c1-14-13(16)10(15)6-4-9-5-7-11(17-2)12(8-9)18-3/h4-8H,1-3H3,(H,14,16)/b6-4+. The molecule has 1 rings (SSSR count). The van der Waals surface area contributed by atoms with Gasteiger partial charge < -0.3 is 14.8 Å². The van der Waals surface area contributed by atoms with Gasteiger partial charge in [-0.2, -0.15) is 0 Å². The van der Waals surface area contributed by atoms with Crippen LogP contribution in [-0.4, -0.2) is 33.0 Å². The highest BCUT2D eigenvalue weighted by molar-refractivity contribution is 6.41. The maximum absolute atomic E-state index is 11.3. The average Bonchev–Trinajstić information content (AvgIpc) is 2.43.